The molecule has 3 heteroatoms. The molecule has 1 unspecified atom stereocenters. The maximum Gasteiger partial charge on any atom is 0.207 e. The van der Waals surface area contributed by atoms with E-state index in [1.807, 2.05) is 37.3 Å². The van der Waals surface area contributed by atoms with Gasteiger partial charge in [0.25, 0.3) is 0 Å². The molecule has 3 rings (SSSR count). The lowest BCUT2D eigenvalue weighted by molar-refractivity contribution is 0.0852. The van der Waals surface area contributed by atoms with E-state index in [1.165, 1.54) is 0 Å². The quantitative estimate of drug-likeness (QED) is 0.795. The monoisotopic (exact) mass is 290 g/mol. The number of ether oxygens (including phenoxy) is 1. The standard InChI is InChI=1S/C14H11BrO2/c1-2-11-13(16)10-7-8-5-3-4-6-9(8)12(15)14(10)17-11/h3-7,11H,2H2,1H3. The largest absolute Gasteiger partial charge is 0.480 e. The van der Waals surface area contributed by atoms with Crippen molar-refractivity contribution >= 4 is 32.5 Å². The average molecular weight is 291 g/mol. The van der Waals surface area contributed by atoms with Gasteiger partial charge >= 0.3 is 0 Å². The minimum atomic E-state index is -0.321. The molecule has 1 atom stereocenters. The van der Waals surface area contributed by atoms with Gasteiger partial charge in [0.05, 0.1) is 10.0 Å². The minimum Gasteiger partial charge on any atom is -0.480 e. The number of carbonyl (C=O) groups is 1. The van der Waals surface area contributed by atoms with E-state index in [4.69, 9.17) is 4.74 Å². The van der Waals surface area contributed by atoms with Crippen molar-refractivity contribution in [3.63, 3.8) is 0 Å². The normalized spacial score (nSPS) is 18.2. The lowest BCUT2D eigenvalue weighted by Crippen LogP contribution is -2.18. The van der Waals surface area contributed by atoms with Crippen LogP contribution in [0.2, 0.25) is 0 Å². The van der Waals surface area contributed by atoms with Crippen molar-refractivity contribution < 1.29 is 9.53 Å². The molecule has 17 heavy (non-hydrogen) atoms. The van der Waals surface area contributed by atoms with E-state index in [9.17, 15) is 4.79 Å². The predicted molar refractivity (Wildman–Crippen MR) is 70.7 cm³/mol. The number of carbonyl (C=O) groups excluding carboxylic acids is 1. The van der Waals surface area contributed by atoms with Gasteiger partial charge in [0.15, 0.2) is 6.10 Å². The Hall–Kier alpha value is -1.35. The zero-order valence-corrected chi connectivity index (χ0v) is 11.0. The molecule has 1 aliphatic heterocycles. The molecule has 2 aromatic carbocycles. The molecule has 0 aromatic heterocycles. The Morgan fingerprint density at radius 2 is 2.12 bits per heavy atom. The Bertz CT molecular complexity index is 619. The summed E-state index contributed by atoms with van der Waals surface area (Å²) in [4.78, 5) is 12.1. The molecule has 1 aliphatic rings. The van der Waals surface area contributed by atoms with Crippen molar-refractivity contribution in [3.8, 4) is 5.75 Å². The molecule has 0 spiro atoms. The first-order valence-electron chi connectivity index (χ1n) is 5.64. The fourth-order valence-corrected chi connectivity index (χ4v) is 2.89. The first kappa shape index (κ1) is 10.8. The van der Waals surface area contributed by atoms with Gasteiger partial charge in [-0.2, -0.15) is 0 Å². The highest BCUT2D eigenvalue weighted by Gasteiger charge is 2.33. The molecular weight excluding hydrogens is 280 g/mol. The zero-order chi connectivity index (χ0) is 12.0. The maximum atomic E-state index is 12.1. The molecule has 2 nitrogen and oxygen atoms in total. The Morgan fingerprint density at radius 3 is 2.88 bits per heavy atom. The van der Waals surface area contributed by atoms with Crippen LogP contribution in [-0.4, -0.2) is 11.9 Å². The molecule has 0 fully saturated rings. The minimum absolute atomic E-state index is 0.0916. The van der Waals surface area contributed by atoms with E-state index in [1.54, 1.807) is 0 Å². The predicted octanol–water partition coefficient (Wildman–Crippen LogP) is 3.96. The van der Waals surface area contributed by atoms with E-state index in [0.717, 1.165) is 15.2 Å². The second kappa shape index (κ2) is 3.84. The number of halogens is 1. The van der Waals surface area contributed by atoms with Crippen LogP contribution in [0.3, 0.4) is 0 Å². The van der Waals surface area contributed by atoms with Crippen molar-refractivity contribution in [2.75, 3.05) is 0 Å². The van der Waals surface area contributed by atoms with Crippen LogP contribution in [0, 0.1) is 0 Å². The second-order valence-electron chi connectivity index (χ2n) is 4.17. The van der Waals surface area contributed by atoms with Crippen LogP contribution in [0.1, 0.15) is 23.7 Å². The molecule has 0 amide bonds. The molecule has 0 bridgehead atoms. The number of Topliss-reactive ketones (excluding diaryl/α,β-unsaturated/α-hetero) is 1. The summed E-state index contributed by atoms with van der Waals surface area (Å²) in [5.74, 6) is 0.787. The van der Waals surface area contributed by atoms with Crippen LogP contribution < -0.4 is 4.74 Å². The highest BCUT2D eigenvalue weighted by atomic mass is 79.9. The lowest BCUT2D eigenvalue weighted by Gasteiger charge is -2.07. The summed E-state index contributed by atoms with van der Waals surface area (Å²) >= 11 is 3.54. The summed E-state index contributed by atoms with van der Waals surface area (Å²) in [7, 11) is 0. The molecule has 0 radical (unpaired) electrons. The highest BCUT2D eigenvalue weighted by Crippen LogP contribution is 2.41. The molecule has 0 saturated heterocycles. The number of rotatable bonds is 1. The summed E-state index contributed by atoms with van der Waals surface area (Å²) in [6, 6.07) is 9.90. The molecule has 1 heterocycles. The van der Waals surface area contributed by atoms with Gasteiger partial charge in [-0.1, -0.05) is 31.2 Å². The maximum absolute atomic E-state index is 12.1. The Kier molecular flexibility index (Phi) is 2.44. The van der Waals surface area contributed by atoms with Crippen LogP contribution in [-0.2, 0) is 0 Å². The van der Waals surface area contributed by atoms with Gasteiger partial charge in [-0.25, -0.2) is 0 Å². The lowest BCUT2D eigenvalue weighted by atomic mass is 10.0. The molecule has 0 saturated carbocycles. The van der Waals surface area contributed by atoms with Gasteiger partial charge in [0, 0.05) is 0 Å². The van der Waals surface area contributed by atoms with Crippen LogP contribution in [0.5, 0.6) is 5.75 Å². The van der Waals surface area contributed by atoms with Gasteiger partial charge < -0.3 is 4.74 Å². The van der Waals surface area contributed by atoms with Crippen molar-refractivity contribution in [1.82, 2.24) is 0 Å². The topological polar surface area (TPSA) is 26.3 Å². The first-order chi connectivity index (χ1) is 8.22. The molecular formula is C14H11BrO2. The van der Waals surface area contributed by atoms with Gasteiger partial charge in [-0.3, -0.25) is 4.79 Å². The van der Waals surface area contributed by atoms with Crippen LogP contribution in [0.25, 0.3) is 10.8 Å². The van der Waals surface area contributed by atoms with Gasteiger partial charge in [-0.05, 0) is 39.2 Å². The number of fused-ring (bicyclic) bond motifs is 2. The fourth-order valence-electron chi connectivity index (χ4n) is 2.22. The highest BCUT2D eigenvalue weighted by molar-refractivity contribution is 9.10. The third kappa shape index (κ3) is 1.49. The van der Waals surface area contributed by atoms with E-state index >= 15 is 0 Å². The third-order valence-electron chi connectivity index (χ3n) is 3.13. The summed E-state index contributed by atoms with van der Waals surface area (Å²) in [5, 5.41) is 2.14. The Morgan fingerprint density at radius 1 is 1.35 bits per heavy atom. The smallest absolute Gasteiger partial charge is 0.207 e. The Labute approximate surface area is 108 Å². The first-order valence-corrected chi connectivity index (χ1v) is 6.43. The summed E-state index contributed by atoms with van der Waals surface area (Å²) in [6.45, 7) is 1.96. The van der Waals surface area contributed by atoms with E-state index in [0.29, 0.717) is 17.7 Å². The van der Waals surface area contributed by atoms with Crippen LogP contribution in [0.15, 0.2) is 34.8 Å². The van der Waals surface area contributed by atoms with Crippen molar-refractivity contribution in [3.05, 3.63) is 40.4 Å². The molecule has 86 valence electrons. The number of ketones is 1. The number of hydrogen-bond acceptors (Lipinski definition) is 2. The van der Waals surface area contributed by atoms with Crippen molar-refractivity contribution in [1.29, 1.82) is 0 Å². The molecule has 0 aliphatic carbocycles. The van der Waals surface area contributed by atoms with E-state index < -0.39 is 0 Å². The average Bonchev–Trinajstić information content (AvgIpc) is 2.68. The summed E-state index contributed by atoms with van der Waals surface area (Å²) < 4.78 is 6.59. The second-order valence-corrected chi connectivity index (χ2v) is 4.96. The van der Waals surface area contributed by atoms with Crippen molar-refractivity contribution in [2.24, 2.45) is 0 Å². The van der Waals surface area contributed by atoms with Gasteiger partial charge in [0.2, 0.25) is 5.78 Å². The zero-order valence-electron chi connectivity index (χ0n) is 9.37. The van der Waals surface area contributed by atoms with Crippen molar-refractivity contribution in [2.45, 2.75) is 19.4 Å². The van der Waals surface area contributed by atoms with Crippen LogP contribution in [0.4, 0.5) is 0 Å². The van der Waals surface area contributed by atoms with Gasteiger partial charge in [0.1, 0.15) is 5.75 Å². The fraction of sp³-hybridized carbons (Fsp3) is 0.214. The van der Waals surface area contributed by atoms with E-state index in [-0.39, 0.29) is 11.9 Å². The number of benzene rings is 2. The SMILES string of the molecule is CCC1Oc2c(cc3ccccc3c2Br)C1=O. The summed E-state index contributed by atoms with van der Waals surface area (Å²) in [5.41, 5.74) is 0.697. The summed E-state index contributed by atoms with van der Waals surface area (Å²) in [6.07, 6.45) is 0.383. The number of hydrogen-bond donors (Lipinski definition) is 0. The van der Waals surface area contributed by atoms with E-state index in [2.05, 4.69) is 15.9 Å². The molecule has 2 aromatic rings. The molecule has 0 N–H and O–H groups in total. The van der Waals surface area contributed by atoms with Crippen LogP contribution >= 0.6 is 15.9 Å². The third-order valence-corrected chi connectivity index (χ3v) is 3.92. The Balaban J connectivity index is 2.30. The van der Waals surface area contributed by atoms with Gasteiger partial charge in [-0.15, -0.1) is 0 Å².